The van der Waals surface area contributed by atoms with Crippen LogP contribution < -0.4 is 10.2 Å². The highest BCUT2D eigenvalue weighted by Gasteiger charge is 2.22. The van der Waals surface area contributed by atoms with E-state index < -0.39 is 0 Å². The zero-order valence-corrected chi connectivity index (χ0v) is 12.8. The van der Waals surface area contributed by atoms with Crippen molar-refractivity contribution in [1.29, 1.82) is 0 Å². The fourth-order valence-electron chi connectivity index (χ4n) is 3.13. The summed E-state index contributed by atoms with van der Waals surface area (Å²) in [6, 6.07) is 10.2. The van der Waals surface area contributed by atoms with Crippen molar-refractivity contribution >= 4 is 5.69 Å². The molecular weight excluding hydrogens is 232 g/mol. The molecule has 0 radical (unpaired) electrons. The Morgan fingerprint density at radius 1 is 1.21 bits per heavy atom. The molecule has 0 aliphatic heterocycles. The predicted molar refractivity (Wildman–Crippen MR) is 83.7 cm³/mol. The van der Waals surface area contributed by atoms with Crippen molar-refractivity contribution in [1.82, 2.24) is 5.32 Å². The SMILES string of the molecule is CNC(C)c1ccc(N(C)C2CCCC(C)C2)cc1. The summed E-state index contributed by atoms with van der Waals surface area (Å²) in [6.45, 7) is 4.58. The molecule has 0 spiro atoms. The van der Waals surface area contributed by atoms with Crippen LogP contribution in [0.5, 0.6) is 0 Å². The maximum Gasteiger partial charge on any atom is 0.0366 e. The van der Waals surface area contributed by atoms with Crippen LogP contribution in [-0.2, 0) is 0 Å². The van der Waals surface area contributed by atoms with Gasteiger partial charge in [-0.2, -0.15) is 0 Å². The molecule has 1 aliphatic rings. The van der Waals surface area contributed by atoms with E-state index in [4.69, 9.17) is 0 Å². The molecule has 0 heterocycles. The minimum atomic E-state index is 0.425. The quantitative estimate of drug-likeness (QED) is 0.881. The van der Waals surface area contributed by atoms with Crippen molar-refractivity contribution in [3.8, 4) is 0 Å². The molecule has 19 heavy (non-hydrogen) atoms. The number of hydrogen-bond donors (Lipinski definition) is 1. The molecule has 2 rings (SSSR count). The van der Waals surface area contributed by atoms with E-state index in [1.54, 1.807) is 0 Å². The van der Waals surface area contributed by atoms with Crippen LogP contribution >= 0.6 is 0 Å². The van der Waals surface area contributed by atoms with E-state index in [2.05, 4.69) is 55.4 Å². The highest BCUT2D eigenvalue weighted by Crippen LogP contribution is 2.30. The molecule has 3 unspecified atom stereocenters. The van der Waals surface area contributed by atoms with Crippen molar-refractivity contribution in [3.63, 3.8) is 0 Å². The fourth-order valence-corrected chi connectivity index (χ4v) is 3.13. The summed E-state index contributed by atoms with van der Waals surface area (Å²) in [4.78, 5) is 2.48. The third-order valence-corrected chi connectivity index (χ3v) is 4.69. The average Bonchev–Trinajstić information content (AvgIpc) is 2.46. The summed E-state index contributed by atoms with van der Waals surface area (Å²) in [5.41, 5.74) is 2.71. The molecule has 1 aromatic rings. The van der Waals surface area contributed by atoms with E-state index in [9.17, 15) is 0 Å². The number of anilines is 1. The van der Waals surface area contributed by atoms with E-state index in [-0.39, 0.29) is 0 Å². The summed E-state index contributed by atoms with van der Waals surface area (Å²) in [5, 5.41) is 3.29. The Hall–Kier alpha value is -1.02. The molecule has 1 N–H and O–H groups in total. The first-order valence-corrected chi connectivity index (χ1v) is 7.62. The van der Waals surface area contributed by atoms with E-state index in [1.807, 2.05) is 7.05 Å². The van der Waals surface area contributed by atoms with Gasteiger partial charge in [0.2, 0.25) is 0 Å². The number of benzene rings is 1. The highest BCUT2D eigenvalue weighted by molar-refractivity contribution is 5.48. The van der Waals surface area contributed by atoms with Gasteiger partial charge in [-0.25, -0.2) is 0 Å². The monoisotopic (exact) mass is 260 g/mol. The Balaban J connectivity index is 2.04. The van der Waals surface area contributed by atoms with Crippen LogP contribution in [0, 0.1) is 5.92 Å². The van der Waals surface area contributed by atoms with Gasteiger partial charge in [-0.1, -0.05) is 31.9 Å². The molecule has 1 saturated carbocycles. The van der Waals surface area contributed by atoms with Crippen LogP contribution in [0.4, 0.5) is 5.69 Å². The highest BCUT2D eigenvalue weighted by atomic mass is 15.1. The number of nitrogens with zero attached hydrogens (tertiary/aromatic N) is 1. The first kappa shape index (κ1) is 14.4. The molecule has 0 aromatic heterocycles. The van der Waals surface area contributed by atoms with Gasteiger partial charge in [0.1, 0.15) is 0 Å². The smallest absolute Gasteiger partial charge is 0.0366 e. The molecule has 1 aromatic carbocycles. The minimum Gasteiger partial charge on any atom is -0.372 e. The Morgan fingerprint density at radius 2 is 1.89 bits per heavy atom. The molecule has 106 valence electrons. The van der Waals surface area contributed by atoms with Gasteiger partial charge in [-0.3, -0.25) is 0 Å². The van der Waals surface area contributed by atoms with Gasteiger partial charge in [0.25, 0.3) is 0 Å². The van der Waals surface area contributed by atoms with Crippen LogP contribution in [0.15, 0.2) is 24.3 Å². The van der Waals surface area contributed by atoms with Gasteiger partial charge in [-0.15, -0.1) is 0 Å². The van der Waals surface area contributed by atoms with Crippen LogP contribution in [0.2, 0.25) is 0 Å². The number of nitrogens with one attached hydrogen (secondary N) is 1. The van der Waals surface area contributed by atoms with Gasteiger partial charge in [0.05, 0.1) is 0 Å². The standard InChI is InChI=1S/C17H28N2/c1-13-6-5-7-17(12-13)19(4)16-10-8-15(9-11-16)14(2)18-3/h8-11,13-14,17-18H,5-7,12H2,1-4H3. The van der Waals surface area contributed by atoms with Crippen molar-refractivity contribution in [2.24, 2.45) is 5.92 Å². The molecule has 1 aliphatic carbocycles. The average molecular weight is 260 g/mol. The lowest BCUT2D eigenvalue weighted by Gasteiger charge is -2.35. The van der Waals surface area contributed by atoms with Gasteiger partial charge < -0.3 is 10.2 Å². The molecule has 3 atom stereocenters. The summed E-state index contributed by atoms with van der Waals surface area (Å²) >= 11 is 0. The largest absolute Gasteiger partial charge is 0.372 e. The second-order valence-electron chi connectivity index (χ2n) is 6.14. The first-order valence-electron chi connectivity index (χ1n) is 7.62. The lowest BCUT2D eigenvalue weighted by molar-refractivity contribution is 0.336. The molecule has 2 heteroatoms. The van der Waals surface area contributed by atoms with Gasteiger partial charge in [-0.05, 0) is 50.4 Å². The van der Waals surface area contributed by atoms with Gasteiger partial charge in [0.15, 0.2) is 0 Å². The Labute approximate surface area is 118 Å². The minimum absolute atomic E-state index is 0.425. The Morgan fingerprint density at radius 3 is 2.47 bits per heavy atom. The van der Waals surface area contributed by atoms with E-state index in [0.717, 1.165) is 12.0 Å². The lowest BCUT2D eigenvalue weighted by atomic mass is 9.86. The van der Waals surface area contributed by atoms with Crippen molar-refractivity contribution in [2.45, 2.75) is 51.6 Å². The second kappa shape index (κ2) is 6.42. The predicted octanol–water partition coefficient (Wildman–Crippen LogP) is 3.98. The topological polar surface area (TPSA) is 15.3 Å². The maximum absolute atomic E-state index is 3.29. The number of rotatable bonds is 4. The molecule has 1 fully saturated rings. The first-order chi connectivity index (χ1) is 9.11. The number of hydrogen-bond acceptors (Lipinski definition) is 2. The summed E-state index contributed by atoms with van der Waals surface area (Å²) in [7, 11) is 4.26. The normalized spacial score (nSPS) is 25.1. The lowest BCUT2D eigenvalue weighted by Crippen LogP contribution is -2.35. The Bertz CT molecular complexity index is 385. The zero-order chi connectivity index (χ0) is 13.8. The van der Waals surface area contributed by atoms with Crippen LogP contribution in [0.3, 0.4) is 0 Å². The summed E-state index contributed by atoms with van der Waals surface area (Å²) < 4.78 is 0. The van der Waals surface area contributed by atoms with Crippen LogP contribution in [0.1, 0.15) is 51.1 Å². The molecule has 0 amide bonds. The van der Waals surface area contributed by atoms with E-state index in [0.29, 0.717) is 6.04 Å². The third kappa shape index (κ3) is 3.50. The summed E-state index contributed by atoms with van der Waals surface area (Å²) in [5.74, 6) is 0.879. The van der Waals surface area contributed by atoms with Crippen molar-refractivity contribution < 1.29 is 0 Å². The van der Waals surface area contributed by atoms with Crippen LogP contribution in [0.25, 0.3) is 0 Å². The van der Waals surface area contributed by atoms with E-state index in [1.165, 1.54) is 36.9 Å². The third-order valence-electron chi connectivity index (χ3n) is 4.69. The van der Waals surface area contributed by atoms with Crippen molar-refractivity contribution in [2.75, 3.05) is 19.0 Å². The molecule has 0 bridgehead atoms. The van der Waals surface area contributed by atoms with Gasteiger partial charge in [0, 0.05) is 24.8 Å². The second-order valence-corrected chi connectivity index (χ2v) is 6.14. The van der Waals surface area contributed by atoms with E-state index >= 15 is 0 Å². The maximum atomic E-state index is 3.29. The molecular formula is C17H28N2. The molecule has 2 nitrogen and oxygen atoms in total. The summed E-state index contributed by atoms with van der Waals surface area (Å²) in [6.07, 6.45) is 5.47. The van der Waals surface area contributed by atoms with Crippen LogP contribution in [-0.4, -0.2) is 20.1 Å². The van der Waals surface area contributed by atoms with Gasteiger partial charge >= 0.3 is 0 Å². The zero-order valence-electron chi connectivity index (χ0n) is 12.8. The van der Waals surface area contributed by atoms with Crippen molar-refractivity contribution in [3.05, 3.63) is 29.8 Å². The Kier molecular flexibility index (Phi) is 4.87. The molecule has 0 saturated heterocycles. The fraction of sp³-hybridized carbons (Fsp3) is 0.647.